The molecule has 1 aliphatic rings. The van der Waals surface area contributed by atoms with Crippen LogP contribution in [0.15, 0.2) is 47.5 Å². The van der Waals surface area contributed by atoms with Gasteiger partial charge in [-0.25, -0.2) is 0 Å². The molecule has 1 aliphatic heterocycles. The van der Waals surface area contributed by atoms with Crippen LogP contribution in [0, 0.1) is 3.95 Å². The third kappa shape index (κ3) is 2.81. The lowest BCUT2D eigenvalue weighted by Gasteiger charge is -2.05. The van der Waals surface area contributed by atoms with Gasteiger partial charge >= 0.3 is 0 Å². The van der Waals surface area contributed by atoms with Crippen molar-refractivity contribution >= 4 is 47.1 Å². The highest BCUT2D eigenvalue weighted by Crippen LogP contribution is 2.38. The number of aromatic hydroxyl groups is 2. The summed E-state index contributed by atoms with van der Waals surface area (Å²) in [4.78, 5) is 5.05. The molecule has 0 radical (unpaired) electrons. The van der Waals surface area contributed by atoms with Gasteiger partial charge in [-0.1, -0.05) is 0 Å². The number of methoxy groups -OCH3 is 1. The average Bonchev–Trinajstić information content (AvgIpc) is 3.16. The number of aliphatic imine (C=N–C) groups is 1. The predicted molar refractivity (Wildman–Crippen MR) is 107 cm³/mol. The fraction of sp³-hybridized carbons (Fsp3) is 0.0526. The average molecular weight is 382 g/mol. The van der Waals surface area contributed by atoms with Gasteiger partial charge in [-0.2, -0.15) is 0 Å². The van der Waals surface area contributed by atoms with Gasteiger partial charge in [0.25, 0.3) is 0 Å². The number of allylic oxidation sites excluding steroid dienone is 1. The molecule has 0 spiro atoms. The second kappa shape index (κ2) is 6.44. The van der Waals surface area contributed by atoms with Crippen molar-refractivity contribution in [1.29, 1.82) is 0 Å². The van der Waals surface area contributed by atoms with Crippen molar-refractivity contribution in [1.82, 2.24) is 4.57 Å². The first-order valence-corrected chi connectivity index (χ1v) is 8.97. The van der Waals surface area contributed by atoms with Crippen molar-refractivity contribution in [3.05, 3.63) is 56.9 Å². The summed E-state index contributed by atoms with van der Waals surface area (Å²) in [7, 11) is 1.62. The monoisotopic (exact) mass is 382 g/mol. The van der Waals surface area contributed by atoms with Crippen LogP contribution in [0.3, 0.4) is 0 Å². The zero-order chi connectivity index (χ0) is 18.3. The summed E-state index contributed by atoms with van der Waals surface area (Å²) in [6.45, 7) is 0. The molecule has 1 aromatic heterocycles. The quantitative estimate of drug-likeness (QED) is 0.630. The molecule has 7 heteroatoms. The Kier molecular flexibility index (Phi) is 4.10. The van der Waals surface area contributed by atoms with Gasteiger partial charge in [0.1, 0.15) is 11.5 Å². The van der Waals surface area contributed by atoms with Crippen LogP contribution in [0.1, 0.15) is 10.4 Å². The molecule has 0 aliphatic carbocycles. The Morgan fingerprint density at radius 2 is 1.92 bits per heavy atom. The molecule has 3 aromatic rings. The highest BCUT2D eigenvalue weighted by Gasteiger charge is 2.17. The number of nitrogens with zero attached hydrogens (tertiary/aromatic N) is 2. The number of phenols is 1. The highest BCUT2D eigenvalue weighted by atomic mass is 32.1. The van der Waals surface area contributed by atoms with Crippen molar-refractivity contribution in [3.8, 4) is 23.1 Å². The van der Waals surface area contributed by atoms with Gasteiger partial charge in [-0.05, 0) is 54.7 Å². The summed E-state index contributed by atoms with van der Waals surface area (Å²) < 4.78 is 7.32. The van der Waals surface area contributed by atoms with Crippen LogP contribution in [-0.2, 0) is 0 Å². The lowest BCUT2D eigenvalue weighted by atomic mass is 10.1. The summed E-state index contributed by atoms with van der Waals surface area (Å²) in [5, 5.41) is 20.1. The second-order valence-corrected chi connectivity index (χ2v) is 7.32. The number of rotatable bonds is 3. The molecule has 0 unspecified atom stereocenters. The zero-order valence-electron chi connectivity index (χ0n) is 13.7. The van der Waals surface area contributed by atoms with Crippen molar-refractivity contribution in [2.75, 3.05) is 7.11 Å². The van der Waals surface area contributed by atoms with Crippen molar-refractivity contribution < 1.29 is 14.9 Å². The first-order chi connectivity index (χ1) is 12.6. The molecule has 130 valence electrons. The van der Waals surface area contributed by atoms with Crippen LogP contribution < -0.4 is 4.74 Å². The Morgan fingerprint density at radius 1 is 1.15 bits per heavy atom. The van der Waals surface area contributed by atoms with Gasteiger partial charge in [0.15, 0.2) is 3.95 Å². The van der Waals surface area contributed by atoms with Gasteiger partial charge in [0, 0.05) is 23.4 Å². The first kappa shape index (κ1) is 16.6. The van der Waals surface area contributed by atoms with Gasteiger partial charge in [0.2, 0.25) is 5.88 Å². The molecule has 0 atom stereocenters. The van der Waals surface area contributed by atoms with E-state index in [0.717, 1.165) is 22.6 Å². The minimum atomic E-state index is 0.0635. The van der Waals surface area contributed by atoms with Crippen LogP contribution in [0.2, 0.25) is 0 Å². The van der Waals surface area contributed by atoms with Crippen molar-refractivity contribution in [2.45, 2.75) is 0 Å². The highest BCUT2D eigenvalue weighted by molar-refractivity contribution is 7.73. The molecule has 5 nitrogen and oxygen atoms in total. The third-order valence-electron chi connectivity index (χ3n) is 4.07. The summed E-state index contributed by atoms with van der Waals surface area (Å²) in [5.41, 5.74) is 3.39. The number of hydrogen-bond donors (Lipinski definition) is 2. The van der Waals surface area contributed by atoms with E-state index in [0.29, 0.717) is 14.5 Å². The topological polar surface area (TPSA) is 67.0 Å². The van der Waals surface area contributed by atoms with Crippen LogP contribution in [0.25, 0.3) is 17.3 Å². The molecule has 0 saturated heterocycles. The molecular formula is C19H14N2O3S2. The maximum Gasteiger partial charge on any atom is 0.215 e. The van der Waals surface area contributed by atoms with Crippen LogP contribution >= 0.6 is 23.6 Å². The molecule has 0 amide bonds. The fourth-order valence-electron chi connectivity index (χ4n) is 2.76. The minimum Gasteiger partial charge on any atom is -0.508 e. The molecule has 2 heterocycles. The van der Waals surface area contributed by atoms with Crippen LogP contribution in [0.4, 0.5) is 5.69 Å². The Hall–Kier alpha value is -2.90. The minimum absolute atomic E-state index is 0.0635. The summed E-state index contributed by atoms with van der Waals surface area (Å²) in [5.74, 6) is 0.972. The third-order valence-corrected chi connectivity index (χ3v) is 5.38. The Labute approximate surface area is 158 Å². The van der Waals surface area contributed by atoms with E-state index in [9.17, 15) is 10.2 Å². The van der Waals surface area contributed by atoms with E-state index in [1.54, 1.807) is 42.2 Å². The van der Waals surface area contributed by atoms with E-state index in [2.05, 4.69) is 4.99 Å². The van der Waals surface area contributed by atoms with E-state index in [1.807, 2.05) is 24.3 Å². The second-order valence-electron chi connectivity index (χ2n) is 5.65. The number of hydrogen-bond acceptors (Lipinski definition) is 6. The maximum absolute atomic E-state index is 10.7. The largest absolute Gasteiger partial charge is 0.508 e. The maximum atomic E-state index is 10.7. The van der Waals surface area contributed by atoms with Crippen molar-refractivity contribution in [3.63, 3.8) is 0 Å². The Bertz CT molecular complexity index is 1110. The van der Waals surface area contributed by atoms with Gasteiger partial charge in [-0.15, -0.1) is 11.3 Å². The van der Waals surface area contributed by atoms with Crippen molar-refractivity contribution in [2.24, 2.45) is 4.99 Å². The molecule has 2 N–H and O–H groups in total. The number of thiazole rings is 1. The molecular weight excluding hydrogens is 368 g/mol. The summed E-state index contributed by atoms with van der Waals surface area (Å²) >= 11 is 6.72. The van der Waals surface area contributed by atoms with E-state index < -0.39 is 0 Å². The number of benzene rings is 2. The predicted octanol–water partition coefficient (Wildman–Crippen LogP) is 4.94. The fourth-order valence-corrected chi connectivity index (χ4v) is 4.06. The number of ether oxygens (including phenoxy) is 1. The SMILES string of the molecule is COc1ccc2c(c1)N=C/C2=C/c1sc(=S)n(-c2ccc(O)cc2)c1O. The standard InChI is InChI=1S/C19H14N2O3S2/c1-24-14-6-7-15-11(10-20-16(15)9-14)8-17-18(23)21(19(25)26-17)12-2-4-13(22)5-3-12/h2-10,22-23H,1H3/b11-8-. The Morgan fingerprint density at radius 3 is 2.65 bits per heavy atom. The van der Waals surface area contributed by atoms with E-state index >= 15 is 0 Å². The van der Waals surface area contributed by atoms with Gasteiger partial charge < -0.3 is 14.9 Å². The van der Waals surface area contributed by atoms with Gasteiger partial charge in [0.05, 0.1) is 23.4 Å². The molecule has 2 aromatic carbocycles. The Balaban J connectivity index is 1.77. The molecule has 0 bridgehead atoms. The molecule has 26 heavy (non-hydrogen) atoms. The number of fused-ring (bicyclic) bond motifs is 1. The summed E-state index contributed by atoms with van der Waals surface area (Å²) in [6.07, 6.45) is 3.63. The number of phenolic OH excluding ortho intramolecular Hbond substituents is 1. The van der Waals surface area contributed by atoms with E-state index in [4.69, 9.17) is 17.0 Å². The lowest BCUT2D eigenvalue weighted by molar-refractivity contribution is 0.415. The van der Waals surface area contributed by atoms with Crippen LogP contribution in [0.5, 0.6) is 17.4 Å². The number of aromatic nitrogens is 1. The molecule has 0 fully saturated rings. The normalized spacial score (nSPS) is 14.0. The van der Waals surface area contributed by atoms with Crippen LogP contribution in [-0.4, -0.2) is 28.1 Å². The van der Waals surface area contributed by atoms with E-state index in [-0.39, 0.29) is 11.6 Å². The smallest absolute Gasteiger partial charge is 0.215 e. The zero-order valence-corrected chi connectivity index (χ0v) is 15.3. The molecule has 0 saturated carbocycles. The first-order valence-electron chi connectivity index (χ1n) is 7.75. The lowest BCUT2D eigenvalue weighted by Crippen LogP contribution is -1.92. The molecule has 4 rings (SSSR count). The summed E-state index contributed by atoms with van der Waals surface area (Å²) in [6, 6.07) is 12.2. The van der Waals surface area contributed by atoms with E-state index in [1.165, 1.54) is 11.3 Å². The van der Waals surface area contributed by atoms with Gasteiger partial charge in [-0.3, -0.25) is 9.56 Å².